The number of sulfone groups is 1. The third kappa shape index (κ3) is 3.21. The van der Waals surface area contributed by atoms with Crippen molar-refractivity contribution in [3.8, 4) is 17.6 Å². The van der Waals surface area contributed by atoms with Gasteiger partial charge in [-0.2, -0.15) is 5.26 Å². The Morgan fingerprint density at radius 2 is 2.00 bits per heavy atom. The molecule has 0 heterocycles. The highest BCUT2D eigenvalue weighted by molar-refractivity contribution is 7.90. The molecule has 2 aromatic rings. The standard InChI is InChI=1S/C17H13F2NO4S/c1-25(22,23)15-3-2-14(16-12(19)7-13(21)17(15)16)24-11-5-9(8-20)4-10(18)6-11/h2-6,12-13,21H,7H2,1H3. The summed E-state index contributed by atoms with van der Waals surface area (Å²) in [6.07, 6.45) is -2.22. The number of aliphatic hydroxyl groups is 1. The van der Waals surface area contributed by atoms with E-state index in [1.807, 2.05) is 0 Å². The van der Waals surface area contributed by atoms with Crippen LogP contribution in [0.5, 0.6) is 11.5 Å². The van der Waals surface area contributed by atoms with Gasteiger partial charge in [0.2, 0.25) is 0 Å². The maximum atomic E-state index is 14.4. The largest absolute Gasteiger partial charge is 0.457 e. The molecule has 25 heavy (non-hydrogen) atoms. The third-order valence-electron chi connectivity index (χ3n) is 3.91. The van der Waals surface area contributed by atoms with E-state index in [1.54, 1.807) is 6.07 Å². The molecule has 0 amide bonds. The van der Waals surface area contributed by atoms with Crippen molar-refractivity contribution >= 4 is 9.84 Å². The number of hydrogen-bond donors (Lipinski definition) is 1. The van der Waals surface area contributed by atoms with Gasteiger partial charge in [0.1, 0.15) is 23.5 Å². The molecule has 1 aliphatic carbocycles. The number of nitriles is 1. The Labute approximate surface area is 143 Å². The number of aliphatic hydroxyl groups excluding tert-OH is 1. The first-order valence-corrected chi connectivity index (χ1v) is 9.17. The van der Waals surface area contributed by atoms with E-state index in [9.17, 15) is 22.3 Å². The van der Waals surface area contributed by atoms with Crippen LogP contribution >= 0.6 is 0 Å². The number of fused-ring (bicyclic) bond motifs is 1. The number of hydrogen-bond acceptors (Lipinski definition) is 5. The van der Waals surface area contributed by atoms with Crippen LogP contribution in [0.1, 0.15) is 35.4 Å². The van der Waals surface area contributed by atoms with Gasteiger partial charge in [0, 0.05) is 29.9 Å². The summed E-state index contributed by atoms with van der Waals surface area (Å²) in [5.41, 5.74) is -0.0844. The SMILES string of the molecule is CS(=O)(=O)c1ccc(Oc2cc(F)cc(C#N)c2)c2c1C(O)CC2F. The summed E-state index contributed by atoms with van der Waals surface area (Å²) in [4.78, 5) is -0.167. The van der Waals surface area contributed by atoms with Crippen LogP contribution in [0.15, 0.2) is 35.2 Å². The van der Waals surface area contributed by atoms with Gasteiger partial charge in [-0.3, -0.25) is 0 Å². The van der Waals surface area contributed by atoms with Crippen molar-refractivity contribution < 1.29 is 27.0 Å². The summed E-state index contributed by atoms with van der Waals surface area (Å²) in [7, 11) is -3.68. The Kier molecular flexibility index (Phi) is 4.22. The van der Waals surface area contributed by atoms with Crippen LogP contribution < -0.4 is 4.74 Å². The van der Waals surface area contributed by atoms with Gasteiger partial charge in [-0.25, -0.2) is 17.2 Å². The van der Waals surface area contributed by atoms with E-state index >= 15 is 0 Å². The lowest BCUT2D eigenvalue weighted by atomic mass is 10.1. The maximum absolute atomic E-state index is 14.4. The maximum Gasteiger partial charge on any atom is 0.175 e. The molecular formula is C17H13F2NO4S. The molecular weight excluding hydrogens is 352 g/mol. The van der Waals surface area contributed by atoms with E-state index in [0.29, 0.717) is 0 Å². The molecule has 0 spiro atoms. The average molecular weight is 365 g/mol. The highest BCUT2D eigenvalue weighted by Gasteiger charge is 2.37. The van der Waals surface area contributed by atoms with E-state index in [2.05, 4.69) is 0 Å². The fourth-order valence-corrected chi connectivity index (χ4v) is 3.88. The van der Waals surface area contributed by atoms with Crippen molar-refractivity contribution in [3.05, 3.63) is 52.8 Å². The van der Waals surface area contributed by atoms with Crippen LogP contribution in [0.4, 0.5) is 8.78 Å². The Morgan fingerprint density at radius 3 is 2.64 bits per heavy atom. The van der Waals surface area contributed by atoms with Gasteiger partial charge in [-0.1, -0.05) is 0 Å². The Hall–Kier alpha value is -2.50. The molecule has 1 N–H and O–H groups in total. The molecule has 0 aromatic heterocycles. The predicted octanol–water partition coefficient (Wildman–Crippen LogP) is 3.34. The Balaban J connectivity index is 2.14. The molecule has 2 unspecified atom stereocenters. The van der Waals surface area contributed by atoms with Crippen molar-refractivity contribution in [2.75, 3.05) is 6.26 Å². The van der Waals surface area contributed by atoms with E-state index in [-0.39, 0.29) is 39.5 Å². The van der Waals surface area contributed by atoms with Crippen LogP contribution in [0.3, 0.4) is 0 Å². The van der Waals surface area contributed by atoms with E-state index < -0.39 is 27.9 Å². The molecule has 0 bridgehead atoms. The fourth-order valence-electron chi connectivity index (χ4n) is 2.92. The Morgan fingerprint density at radius 1 is 1.28 bits per heavy atom. The zero-order chi connectivity index (χ0) is 18.4. The summed E-state index contributed by atoms with van der Waals surface area (Å²) in [6.45, 7) is 0. The quantitative estimate of drug-likeness (QED) is 0.901. The van der Waals surface area contributed by atoms with Crippen molar-refractivity contribution in [2.24, 2.45) is 0 Å². The number of rotatable bonds is 3. The van der Waals surface area contributed by atoms with Crippen molar-refractivity contribution in [2.45, 2.75) is 23.6 Å². The lowest BCUT2D eigenvalue weighted by molar-refractivity contribution is 0.149. The molecule has 0 aliphatic heterocycles. The predicted molar refractivity (Wildman–Crippen MR) is 84.2 cm³/mol. The second kappa shape index (κ2) is 6.10. The second-order valence-electron chi connectivity index (χ2n) is 5.77. The zero-order valence-electron chi connectivity index (χ0n) is 13.0. The monoisotopic (exact) mass is 365 g/mol. The Bertz CT molecular complexity index is 998. The first-order valence-electron chi connectivity index (χ1n) is 7.28. The fraction of sp³-hybridized carbons (Fsp3) is 0.235. The van der Waals surface area contributed by atoms with Crippen molar-refractivity contribution in [1.82, 2.24) is 0 Å². The number of alkyl halides is 1. The van der Waals surface area contributed by atoms with Crippen LogP contribution in [0, 0.1) is 17.1 Å². The molecule has 3 rings (SSSR count). The normalized spacial score (nSPS) is 19.3. The molecule has 8 heteroatoms. The lowest BCUT2D eigenvalue weighted by Gasteiger charge is -2.15. The third-order valence-corrected chi connectivity index (χ3v) is 5.07. The lowest BCUT2D eigenvalue weighted by Crippen LogP contribution is -2.06. The molecule has 0 radical (unpaired) electrons. The molecule has 0 fully saturated rings. The summed E-state index contributed by atoms with van der Waals surface area (Å²) in [6, 6.07) is 7.58. The minimum absolute atomic E-state index is 0.0243. The molecule has 2 aromatic carbocycles. The van der Waals surface area contributed by atoms with Gasteiger partial charge in [-0.05, 0) is 24.3 Å². The number of halogens is 2. The van der Waals surface area contributed by atoms with Gasteiger partial charge >= 0.3 is 0 Å². The van der Waals surface area contributed by atoms with Gasteiger partial charge in [0.15, 0.2) is 9.84 Å². The summed E-state index contributed by atoms with van der Waals surface area (Å²) in [5, 5.41) is 18.9. The van der Waals surface area contributed by atoms with Crippen molar-refractivity contribution in [1.29, 1.82) is 5.26 Å². The van der Waals surface area contributed by atoms with E-state index in [0.717, 1.165) is 18.4 Å². The van der Waals surface area contributed by atoms with E-state index in [4.69, 9.17) is 10.00 Å². The second-order valence-corrected chi connectivity index (χ2v) is 7.75. The summed E-state index contributed by atoms with van der Waals surface area (Å²) >= 11 is 0. The smallest absolute Gasteiger partial charge is 0.175 e. The first-order chi connectivity index (χ1) is 11.7. The van der Waals surface area contributed by atoms with Gasteiger partial charge < -0.3 is 9.84 Å². The van der Waals surface area contributed by atoms with E-state index in [1.165, 1.54) is 18.2 Å². The van der Waals surface area contributed by atoms with Crippen molar-refractivity contribution in [3.63, 3.8) is 0 Å². The highest BCUT2D eigenvalue weighted by atomic mass is 32.2. The van der Waals surface area contributed by atoms with Crippen LogP contribution in [-0.2, 0) is 9.84 Å². The highest BCUT2D eigenvalue weighted by Crippen LogP contribution is 2.49. The number of ether oxygens (including phenoxy) is 1. The number of nitrogens with zero attached hydrogens (tertiary/aromatic N) is 1. The van der Waals surface area contributed by atoms with Gasteiger partial charge in [0.05, 0.1) is 22.6 Å². The average Bonchev–Trinajstić information content (AvgIpc) is 2.81. The van der Waals surface area contributed by atoms with Gasteiger partial charge in [-0.15, -0.1) is 0 Å². The molecule has 2 atom stereocenters. The molecule has 1 aliphatic rings. The number of benzene rings is 2. The molecule has 0 saturated heterocycles. The summed E-state index contributed by atoms with van der Waals surface area (Å²) in [5.74, 6) is -0.754. The zero-order valence-corrected chi connectivity index (χ0v) is 13.8. The van der Waals surface area contributed by atoms with Crippen LogP contribution in [-0.4, -0.2) is 19.8 Å². The van der Waals surface area contributed by atoms with Crippen LogP contribution in [0.25, 0.3) is 0 Å². The molecule has 5 nitrogen and oxygen atoms in total. The minimum atomic E-state index is -3.68. The summed E-state index contributed by atoms with van der Waals surface area (Å²) < 4.78 is 57.1. The molecule has 0 saturated carbocycles. The van der Waals surface area contributed by atoms with Gasteiger partial charge in [0.25, 0.3) is 0 Å². The molecule has 130 valence electrons. The first kappa shape index (κ1) is 17.3. The minimum Gasteiger partial charge on any atom is -0.457 e. The topological polar surface area (TPSA) is 87.4 Å². The van der Waals surface area contributed by atoms with Crippen LogP contribution in [0.2, 0.25) is 0 Å².